The number of anilines is 1. The van der Waals surface area contributed by atoms with Gasteiger partial charge in [0.2, 0.25) is 0 Å². The fourth-order valence-electron chi connectivity index (χ4n) is 3.59. The standard InChI is InChI=1S/C17H23N5O3/c1-5-10-12(15(19)24)13-14(18)20-9(4)21-16(13)22(10)17-8(3)7(2)11(6-23)25-17/h5,7-8,11,17,23H,1,6H2,2-4H3,(H2,19,24)(H2,18,20,21)/t7-,8+,11+,17+/m0/s1. The van der Waals surface area contributed by atoms with Crippen LogP contribution in [0, 0.1) is 18.8 Å². The van der Waals surface area contributed by atoms with E-state index in [4.69, 9.17) is 16.2 Å². The summed E-state index contributed by atoms with van der Waals surface area (Å²) in [5.74, 6) is 0.240. The minimum absolute atomic E-state index is 0.0728. The molecule has 1 aliphatic rings. The van der Waals surface area contributed by atoms with Crippen LogP contribution in [-0.4, -0.2) is 38.3 Å². The van der Waals surface area contributed by atoms with E-state index in [0.29, 0.717) is 22.6 Å². The summed E-state index contributed by atoms with van der Waals surface area (Å²) in [6, 6.07) is 0. The van der Waals surface area contributed by atoms with Gasteiger partial charge in [-0.2, -0.15) is 0 Å². The molecule has 0 aliphatic carbocycles. The number of hydrogen-bond acceptors (Lipinski definition) is 6. The zero-order chi connectivity index (χ0) is 18.5. The second kappa shape index (κ2) is 6.12. The van der Waals surface area contributed by atoms with Crippen molar-refractivity contribution < 1.29 is 14.6 Å². The summed E-state index contributed by atoms with van der Waals surface area (Å²) in [7, 11) is 0. The van der Waals surface area contributed by atoms with Crippen LogP contribution in [0.15, 0.2) is 6.58 Å². The Morgan fingerprint density at radius 2 is 2.08 bits per heavy atom. The monoisotopic (exact) mass is 345 g/mol. The number of nitrogens with zero attached hydrogens (tertiary/aromatic N) is 3. The van der Waals surface area contributed by atoms with Crippen molar-refractivity contribution in [2.45, 2.75) is 33.1 Å². The van der Waals surface area contributed by atoms with Crippen LogP contribution in [-0.2, 0) is 4.74 Å². The number of ether oxygens (including phenoxy) is 1. The molecular weight excluding hydrogens is 322 g/mol. The number of aliphatic hydroxyl groups excluding tert-OH is 1. The van der Waals surface area contributed by atoms with Crippen LogP contribution in [0.25, 0.3) is 17.1 Å². The molecule has 1 saturated heterocycles. The lowest BCUT2D eigenvalue weighted by atomic mass is 9.93. The molecule has 1 amide bonds. The molecule has 3 rings (SSSR count). The Hall–Kier alpha value is -2.45. The Bertz CT molecular complexity index is 860. The predicted octanol–water partition coefficient (Wildman–Crippen LogP) is 1.23. The molecule has 4 atom stereocenters. The first-order valence-electron chi connectivity index (χ1n) is 8.18. The summed E-state index contributed by atoms with van der Waals surface area (Å²) in [5, 5.41) is 9.97. The molecule has 2 aromatic heterocycles. The predicted molar refractivity (Wildman–Crippen MR) is 94.6 cm³/mol. The van der Waals surface area contributed by atoms with Gasteiger partial charge < -0.3 is 21.3 Å². The van der Waals surface area contributed by atoms with Crippen molar-refractivity contribution in [2.75, 3.05) is 12.3 Å². The zero-order valence-electron chi connectivity index (χ0n) is 14.6. The van der Waals surface area contributed by atoms with E-state index in [0.717, 1.165) is 0 Å². The smallest absolute Gasteiger partial charge is 0.251 e. The highest BCUT2D eigenvalue weighted by Crippen LogP contribution is 2.43. The van der Waals surface area contributed by atoms with Crippen molar-refractivity contribution in [3.63, 3.8) is 0 Å². The number of nitrogen functional groups attached to an aromatic ring is 1. The molecule has 0 unspecified atom stereocenters. The van der Waals surface area contributed by atoms with Crippen LogP contribution >= 0.6 is 0 Å². The number of nitrogens with two attached hydrogens (primary N) is 2. The fourth-order valence-corrected chi connectivity index (χ4v) is 3.59. The minimum atomic E-state index is -0.629. The third-order valence-electron chi connectivity index (χ3n) is 5.08. The largest absolute Gasteiger partial charge is 0.394 e. The quantitative estimate of drug-likeness (QED) is 0.764. The molecule has 1 fully saturated rings. The molecule has 3 heterocycles. The van der Waals surface area contributed by atoms with Gasteiger partial charge in [0.25, 0.3) is 5.91 Å². The van der Waals surface area contributed by atoms with Gasteiger partial charge in [-0.25, -0.2) is 9.97 Å². The third-order valence-corrected chi connectivity index (χ3v) is 5.08. The van der Waals surface area contributed by atoms with Gasteiger partial charge in [0, 0.05) is 5.92 Å². The summed E-state index contributed by atoms with van der Waals surface area (Å²) >= 11 is 0. The SMILES string of the molecule is C=Cc1c(C(N)=O)c2c(N)nc(C)nc2n1[C@@H]1O[C@H](CO)[C@@H](C)[C@H]1C. The molecule has 25 heavy (non-hydrogen) atoms. The van der Waals surface area contributed by atoms with Crippen LogP contribution < -0.4 is 11.5 Å². The van der Waals surface area contributed by atoms with Crippen LogP contribution in [0.2, 0.25) is 0 Å². The molecule has 0 saturated carbocycles. The molecule has 134 valence electrons. The molecule has 0 aromatic carbocycles. The average Bonchev–Trinajstić information content (AvgIpc) is 3.02. The topological polar surface area (TPSA) is 129 Å². The number of carbonyl (C=O) groups excluding carboxylic acids is 1. The van der Waals surface area contributed by atoms with E-state index in [2.05, 4.69) is 16.5 Å². The first-order chi connectivity index (χ1) is 11.8. The second-order valence-corrected chi connectivity index (χ2v) is 6.52. The van der Waals surface area contributed by atoms with E-state index in [1.54, 1.807) is 17.6 Å². The Morgan fingerprint density at radius 3 is 2.60 bits per heavy atom. The molecule has 8 heteroatoms. The molecule has 0 spiro atoms. The first-order valence-corrected chi connectivity index (χ1v) is 8.18. The second-order valence-electron chi connectivity index (χ2n) is 6.52. The number of aromatic nitrogens is 3. The van der Waals surface area contributed by atoms with Crippen molar-refractivity contribution in [1.29, 1.82) is 0 Å². The minimum Gasteiger partial charge on any atom is -0.394 e. The van der Waals surface area contributed by atoms with Crippen molar-refractivity contribution in [2.24, 2.45) is 17.6 Å². The summed E-state index contributed by atoms with van der Waals surface area (Å²) in [5.41, 5.74) is 12.9. The van der Waals surface area contributed by atoms with Gasteiger partial charge in [-0.05, 0) is 18.9 Å². The molecular formula is C17H23N5O3. The van der Waals surface area contributed by atoms with Crippen LogP contribution in [0.5, 0.6) is 0 Å². The van der Waals surface area contributed by atoms with Crippen molar-refractivity contribution >= 4 is 28.8 Å². The Labute approximate surface area is 145 Å². The number of carbonyl (C=O) groups is 1. The number of hydrogen-bond donors (Lipinski definition) is 3. The molecule has 0 radical (unpaired) electrons. The number of fused-ring (bicyclic) bond motifs is 1. The number of aliphatic hydroxyl groups is 1. The van der Waals surface area contributed by atoms with E-state index >= 15 is 0 Å². The fraction of sp³-hybridized carbons (Fsp3) is 0.471. The highest BCUT2D eigenvalue weighted by Gasteiger charge is 2.42. The highest BCUT2D eigenvalue weighted by molar-refractivity contribution is 6.11. The third kappa shape index (κ3) is 2.49. The van der Waals surface area contributed by atoms with Gasteiger partial charge in [0.1, 0.15) is 23.5 Å². The molecule has 2 aromatic rings. The highest BCUT2D eigenvalue weighted by atomic mass is 16.5. The number of amides is 1. The van der Waals surface area contributed by atoms with E-state index in [1.807, 2.05) is 13.8 Å². The maximum Gasteiger partial charge on any atom is 0.251 e. The summed E-state index contributed by atoms with van der Waals surface area (Å²) in [4.78, 5) is 20.7. The van der Waals surface area contributed by atoms with E-state index < -0.39 is 12.1 Å². The van der Waals surface area contributed by atoms with E-state index in [-0.39, 0.29) is 35.9 Å². The lowest BCUT2D eigenvalue weighted by Gasteiger charge is -2.21. The lowest BCUT2D eigenvalue weighted by molar-refractivity contribution is -0.0337. The van der Waals surface area contributed by atoms with Gasteiger partial charge in [-0.15, -0.1) is 0 Å². The Balaban J connectivity index is 2.35. The maximum absolute atomic E-state index is 12.1. The van der Waals surface area contributed by atoms with Crippen LogP contribution in [0.3, 0.4) is 0 Å². The lowest BCUT2D eigenvalue weighted by Crippen LogP contribution is -2.19. The van der Waals surface area contributed by atoms with Gasteiger partial charge >= 0.3 is 0 Å². The van der Waals surface area contributed by atoms with Crippen molar-refractivity contribution in [3.05, 3.63) is 23.7 Å². The van der Waals surface area contributed by atoms with Crippen LogP contribution in [0.1, 0.15) is 42.0 Å². The van der Waals surface area contributed by atoms with Gasteiger partial charge in [0.15, 0.2) is 0 Å². The maximum atomic E-state index is 12.1. The van der Waals surface area contributed by atoms with E-state index in [9.17, 15) is 9.90 Å². The van der Waals surface area contributed by atoms with Crippen molar-refractivity contribution in [1.82, 2.24) is 14.5 Å². The Kier molecular flexibility index (Phi) is 4.26. The van der Waals surface area contributed by atoms with E-state index in [1.165, 1.54) is 0 Å². The Morgan fingerprint density at radius 1 is 1.40 bits per heavy atom. The molecule has 1 aliphatic heterocycles. The average molecular weight is 345 g/mol. The number of primary amides is 1. The van der Waals surface area contributed by atoms with Crippen LogP contribution in [0.4, 0.5) is 5.82 Å². The molecule has 0 bridgehead atoms. The summed E-state index contributed by atoms with van der Waals surface area (Å²) in [6.07, 6.45) is 0.820. The normalized spacial score (nSPS) is 26.2. The van der Waals surface area contributed by atoms with Gasteiger partial charge in [-0.1, -0.05) is 20.4 Å². The molecule has 8 nitrogen and oxygen atoms in total. The number of rotatable bonds is 4. The molecule has 5 N–H and O–H groups in total. The summed E-state index contributed by atoms with van der Waals surface area (Å²) < 4.78 is 7.85. The van der Waals surface area contributed by atoms with Gasteiger partial charge in [0.05, 0.1) is 29.4 Å². The first kappa shape index (κ1) is 17.4. The zero-order valence-corrected chi connectivity index (χ0v) is 14.6. The van der Waals surface area contributed by atoms with Gasteiger partial charge in [-0.3, -0.25) is 9.36 Å². The number of aryl methyl sites for hydroxylation is 1. The van der Waals surface area contributed by atoms with Crippen molar-refractivity contribution in [3.8, 4) is 0 Å². The summed E-state index contributed by atoms with van der Waals surface area (Å²) in [6.45, 7) is 9.51.